The molecule has 3 aromatic rings. The number of ether oxygens (including phenoxy) is 1. The number of fused-ring (bicyclic) bond motifs is 1. The minimum atomic E-state index is -0.0317. The van der Waals surface area contributed by atoms with Gasteiger partial charge in [-0.15, -0.1) is 0 Å². The molecule has 2 heterocycles. The van der Waals surface area contributed by atoms with E-state index in [1.807, 2.05) is 51.1 Å². The second kappa shape index (κ2) is 7.82. The fourth-order valence-corrected chi connectivity index (χ4v) is 4.83. The molecule has 146 valence electrons. The number of nitrogens with zero attached hydrogens (tertiary/aromatic N) is 2. The zero-order valence-electron chi connectivity index (χ0n) is 16.3. The molecule has 1 aromatic heterocycles. The Morgan fingerprint density at radius 1 is 1.29 bits per heavy atom. The summed E-state index contributed by atoms with van der Waals surface area (Å²) in [5.41, 5.74) is 4.63. The van der Waals surface area contributed by atoms with E-state index in [-0.39, 0.29) is 12.0 Å². The Balaban J connectivity index is 1.76. The minimum Gasteiger partial charge on any atom is -0.376 e. The van der Waals surface area contributed by atoms with Crippen molar-refractivity contribution in [3.63, 3.8) is 0 Å². The van der Waals surface area contributed by atoms with E-state index in [2.05, 4.69) is 0 Å². The summed E-state index contributed by atoms with van der Waals surface area (Å²) in [6.45, 7) is 7.24. The van der Waals surface area contributed by atoms with Gasteiger partial charge in [-0.2, -0.15) is 0 Å². The number of aryl methyl sites for hydroxylation is 3. The molecule has 1 aliphatic heterocycles. The van der Waals surface area contributed by atoms with E-state index >= 15 is 0 Å². The maximum absolute atomic E-state index is 13.5. The van der Waals surface area contributed by atoms with Gasteiger partial charge in [0.1, 0.15) is 0 Å². The number of carbonyl (C=O) groups excluding carboxylic acids is 1. The second-order valence-corrected chi connectivity index (χ2v) is 8.80. The van der Waals surface area contributed by atoms with Crippen molar-refractivity contribution in [2.75, 3.05) is 18.1 Å². The summed E-state index contributed by atoms with van der Waals surface area (Å²) in [7, 11) is 0. The van der Waals surface area contributed by atoms with Gasteiger partial charge in [-0.3, -0.25) is 9.69 Å². The number of aromatic nitrogens is 1. The highest BCUT2D eigenvalue weighted by molar-refractivity contribution is 7.22. The van der Waals surface area contributed by atoms with Gasteiger partial charge in [-0.25, -0.2) is 4.98 Å². The number of amides is 1. The molecule has 0 aliphatic carbocycles. The van der Waals surface area contributed by atoms with Crippen LogP contribution < -0.4 is 4.90 Å². The van der Waals surface area contributed by atoms with E-state index in [9.17, 15) is 4.79 Å². The first-order chi connectivity index (χ1) is 13.4. The molecule has 6 heteroatoms. The fourth-order valence-electron chi connectivity index (χ4n) is 3.64. The topological polar surface area (TPSA) is 42.4 Å². The minimum absolute atomic E-state index is 0.0317. The number of halogens is 1. The lowest BCUT2D eigenvalue weighted by Gasteiger charge is -2.24. The van der Waals surface area contributed by atoms with Gasteiger partial charge >= 0.3 is 0 Å². The van der Waals surface area contributed by atoms with Crippen molar-refractivity contribution in [3.05, 3.63) is 57.6 Å². The SMILES string of the molecule is Cc1ccc(C(=O)N(CC2CCCO2)c2nc3c(C)c(Cl)ccc3s2)c(C)c1. The van der Waals surface area contributed by atoms with Crippen molar-refractivity contribution in [1.82, 2.24) is 4.98 Å². The smallest absolute Gasteiger partial charge is 0.260 e. The molecule has 2 aromatic carbocycles. The van der Waals surface area contributed by atoms with Crippen LogP contribution in [0.25, 0.3) is 10.2 Å². The number of hydrogen-bond acceptors (Lipinski definition) is 4. The Kier molecular flexibility index (Phi) is 5.41. The molecule has 1 unspecified atom stereocenters. The molecule has 1 saturated heterocycles. The van der Waals surface area contributed by atoms with Crippen LogP contribution in [0, 0.1) is 20.8 Å². The molecule has 4 rings (SSSR count). The standard InChI is InChI=1S/C22H23ClN2O2S/c1-13-6-7-17(14(2)11-13)21(26)25(12-16-5-4-10-27-16)22-24-20-15(3)18(23)8-9-19(20)28-22/h6-9,11,16H,4-5,10,12H2,1-3H3. The van der Waals surface area contributed by atoms with Gasteiger partial charge in [-0.1, -0.05) is 40.6 Å². The van der Waals surface area contributed by atoms with Crippen LogP contribution in [-0.2, 0) is 4.74 Å². The van der Waals surface area contributed by atoms with Crippen LogP contribution in [0.3, 0.4) is 0 Å². The third kappa shape index (κ3) is 3.66. The number of thiazole rings is 1. The van der Waals surface area contributed by atoms with Gasteiger partial charge in [0.05, 0.1) is 22.9 Å². The highest BCUT2D eigenvalue weighted by Gasteiger charge is 2.28. The van der Waals surface area contributed by atoms with Crippen LogP contribution in [0.2, 0.25) is 5.02 Å². The average molecular weight is 415 g/mol. The first-order valence-electron chi connectivity index (χ1n) is 9.50. The molecule has 0 radical (unpaired) electrons. The van der Waals surface area contributed by atoms with Crippen LogP contribution in [-0.4, -0.2) is 30.1 Å². The summed E-state index contributed by atoms with van der Waals surface area (Å²) in [4.78, 5) is 20.1. The molecule has 1 atom stereocenters. The summed E-state index contributed by atoms with van der Waals surface area (Å²) in [6, 6.07) is 9.78. The molecule has 0 bridgehead atoms. The maximum Gasteiger partial charge on any atom is 0.260 e. The summed E-state index contributed by atoms with van der Waals surface area (Å²) in [5, 5.41) is 1.39. The molecular weight excluding hydrogens is 392 g/mol. The Bertz CT molecular complexity index is 1040. The Hall–Kier alpha value is -1.95. The summed E-state index contributed by atoms with van der Waals surface area (Å²) >= 11 is 7.80. The van der Waals surface area contributed by atoms with Crippen molar-refractivity contribution in [1.29, 1.82) is 0 Å². The Labute approximate surface area is 174 Å². The summed E-state index contributed by atoms with van der Waals surface area (Å²) in [6.07, 6.45) is 2.04. The normalized spacial score (nSPS) is 16.6. The number of anilines is 1. The van der Waals surface area contributed by atoms with Crippen molar-refractivity contribution >= 4 is 44.2 Å². The third-order valence-corrected chi connectivity index (χ3v) is 6.69. The number of benzene rings is 2. The Morgan fingerprint density at radius 2 is 2.11 bits per heavy atom. The molecule has 28 heavy (non-hydrogen) atoms. The van der Waals surface area contributed by atoms with E-state index < -0.39 is 0 Å². The van der Waals surface area contributed by atoms with Crippen LogP contribution in [0.1, 0.15) is 39.9 Å². The van der Waals surface area contributed by atoms with Gasteiger partial charge in [0.2, 0.25) is 0 Å². The van der Waals surface area contributed by atoms with Crippen LogP contribution in [0.15, 0.2) is 30.3 Å². The van der Waals surface area contributed by atoms with Crippen molar-refractivity contribution in [3.8, 4) is 0 Å². The molecule has 4 nitrogen and oxygen atoms in total. The number of rotatable bonds is 4. The lowest BCUT2D eigenvalue weighted by Crippen LogP contribution is -2.37. The highest BCUT2D eigenvalue weighted by atomic mass is 35.5. The zero-order chi connectivity index (χ0) is 19.8. The fraction of sp³-hybridized carbons (Fsp3) is 0.364. The molecule has 0 spiro atoms. The lowest BCUT2D eigenvalue weighted by molar-refractivity contribution is 0.0917. The predicted molar refractivity (Wildman–Crippen MR) is 116 cm³/mol. The quantitative estimate of drug-likeness (QED) is 0.549. The van der Waals surface area contributed by atoms with E-state index in [4.69, 9.17) is 21.3 Å². The first-order valence-corrected chi connectivity index (χ1v) is 10.7. The zero-order valence-corrected chi connectivity index (χ0v) is 17.9. The third-order valence-electron chi connectivity index (χ3n) is 5.24. The van der Waals surface area contributed by atoms with Gasteiger partial charge in [0, 0.05) is 17.2 Å². The average Bonchev–Trinajstić information content (AvgIpc) is 3.32. The number of hydrogen-bond donors (Lipinski definition) is 0. The molecular formula is C22H23ClN2O2S. The first kappa shape index (κ1) is 19.4. The van der Waals surface area contributed by atoms with E-state index in [1.165, 1.54) is 11.3 Å². The molecule has 1 amide bonds. The molecule has 1 fully saturated rings. The Morgan fingerprint density at radius 3 is 2.82 bits per heavy atom. The highest BCUT2D eigenvalue weighted by Crippen LogP contribution is 2.35. The maximum atomic E-state index is 13.5. The van der Waals surface area contributed by atoms with Crippen LogP contribution >= 0.6 is 22.9 Å². The van der Waals surface area contributed by atoms with E-state index in [1.54, 1.807) is 4.90 Å². The molecule has 1 aliphatic rings. The van der Waals surface area contributed by atoms with Crippen molar-refractivity contribution in [2.45, 2.75) is 39.7 Å². The van der Waals surface area contributed by atoms with Crippen molar-refractivity contribution < 1.29 is 9.53 Å². The molecule has 0 N–H and O–H groups in total. The van der Waals surface area contributed by atoms with Gasteiger partial charge < -0.3 is 4.74 Å². The monoisotopic (exact) mass is 414 g/mol. The number of carbonyl (C=O) groups is 1. The van der Waals surface area contributed by atoms with Crippen LogP contribution in [0.5, 0.6) is 0 Å². The molecule has 0 saturated carbocycles. The second-order valence-electron chi connectivity index (χ2n) is 7.38. The van der Waals surface area contributed by atoms with Crippen LogP contribution in [0.4, 0.5) is 5.13 Å². The lowest BCUT2D eigenvalue weighted by atomic mass is 10.0. The largest absolute Gasteiger partial charge is 0.376 e. The van der Waals surface area contributed by atoms with Gasteiger partial charge in [-0.05, 0) is 62.9 Å². The van der Waals surface area contributed by atoms with E-state index in [0.29, 0.717) is 22.3 Å². The van der Waals surface area contributed by atoms with Gasteiger partial charge in [0.25, 0.3) is 5.91 Å². The van der Waals surface area contributed by atoms with E-state index in [0.717, 1.165) is 46.4 Å². The predicted octanol–water partition coefficient (Wildman–Crippen LogP) is 5.70. The summed E-state index contributed by atoms with van der Waals surface area (Å²) < 4.78 is 6.85. The summed E-state index contributed by atoms with van der Waals surface area (Å²) in [5.74, 6) is -0.0317. The van der Waals surface area contributed by atoms with Gasteiger partial charge in [0.15, 0.2) is 5.13 Å². The van der Waals surface area contributed by atoms with Crippen molar-refractivity contribution in [2.24, 2.45) is 0 Å².